The summed E-state index contributed by atoms with van der Waals surface area (Å²) in [6, 6.07) is 14.8. The summed E-state index contributed by atoms with van der Waals surface area (Å²) in [5.41, 5.74) is 4.68. The van der Waals surface area contributed by atoms with Crippen molar-refractivity contribution in [3.05, 3.63) is 64.7 Å². The van der Waals surface area contributed by atoms with Crippen LogP contribution in [0, 0.1) is 12.8 Å². The van der Waals surface area contributed by atoms with Crippen LogP contribution in [-0.2, 0) is 17.7 Å². The number of nitrogens with zero attached hydrogens (tertiary/aromatic N) is 2. The van der Waals surface area contributed by atoms with Crippen molar-refractivity contribution in [2.75, 3.05) is 46.5 Å². The molecule has 0 radical (unpaired) electrons. The first kappa shape index (κ1) is 21.8. The fraction of sp³-hybridized carbons (Fsp3) is 0.500. The molecule has 0 N–H and O–H groups in total. The second-order valence-electron chi connectivity index (χ2n) is 8.83. The first-order valence-corrected chi connectivity index (χ1v) is 11.4. The molecule has 5 nitrogen and oxygen atoms in total. The number of aryl methyl sites for hydroxylation is 1. The number of morpholine rings is 1. The van der Waals surface area contributed by atoms with E-state index in [2.05, 4.69) is 42.2 Å². The van der Waals surface area contributed by atoms with E-state index in [1.807, 2.05) is 17.0 Å². The highest BCUT2D eigenvalue weighted by molar-refractivity contribution is 5.94. The molecule has 0 spiro atoms. The molecule has 0 atom stereocenters. The molecule has 2 heterocycles. The Morgan fingerprint density at radius 1 is 1.00 bits per heavy atom. The van der Waals surface area contributed by atoms with Crippen LogP contribution in [0.4, 0.5) is 0 Å². The van der Waals surface area contributed by atoms with Crippen molar-refractivity contribution >= 4 is 5.91 Å². The lowest BCUT2D eigenvalue weighted by Crippen LogP contribution is -2.40. The molecule has 0 saturated carbocycles. The summed E-state index contributed by atoms with van der Waals surface area (Å²) in [4.78, 5) is 17.0. The summed E-state index contributed by atoms with van der Waals surface area (Å²) < 4.78 is 10.7. The van der Waals surface area contributed by atoms with E-state index in [0.29, 0.717) is 26.3 Å². The van der Waals surface area contributed by atoms with Crippen LogP contribution in [0.3, 0.4) is 0 Å². The number of methoxy groups -OCH3 is 1. The molecule has 2 fully saturated rings. The Morgan fingerprint density at radius 3 is 2.32 bits per heavy atom. The van der Waals surface area contributed by atoms with Crippen molar-refractivity contribution < 1.29 is 14.3 Å². The molecule has 4 rings (SSSR count). The highest BCUT2D eigenvalue weighted by Gasteiger charge is 2.21. The van der Waals surface area contributed by atoms with Crippen LogP contribution in [0.15, 0.2) is 42.5 Å². The molecular formula is C26H34N2O3. The normalized spacial score (nSPS) is 18.2. The van der Waals surface area contributed by atoms with Crippen LogP contribution in [0.2, 0.25) is 0 Å². The maximum Gasteiger partial charge on any atom is 0.254 e. The van der Waals surface area contributed by atoms with Crippen LogP contribution in [0.1, 0.15) is 39.9 Å². The summed E-state index contributed by atoms with van der Waals surface area (Å²) >= 11 is 0. The standard InChI is InChI=1S/C26H34N2O3/c1-20-17-23(5-8-25(20)30-2)19-27-11-9-22(10-12-27)18-21-3-6-24(7-4-21)26(29)28-13-15-31-16-14-28/h3-8,17,22H,9-16,18-19H2,1-2H3. The minimum Gasteiger partial charge on any atom is -0.496 e. The predicted octanol–water partition coefficient (Wildman–Crippen LogP) is 3.93. The lowest BCUT2D eigenvalue weighted by molar-refractivity contribution is 0.0303. The van der Waals surface area contributed by atoms with Crippen molar-refractivity contribution in [1.82, 2.24) is 9.80 Å². The van der Waals surface area contributed by atoms with Gasteiger partial charge in [0.1, 0.15) is 5.75 Å². The fourth-order valence-electron chi connectivity index (χ4n) is 4.71. The molecule has 2 aromatic rings. The van der Waals surface area contributed by atoms with E-state index >= 15 is 0 Å². The van der Waals surface area contributed by atoms with Crippen molar-refractivity contribution in [2.45, 2.75) is 32.7 Å². The second-order valence-corrected chi connectivity index (χ2v) is 8.83. The molecule has 2 aliphatic rings. The van der Waals surface area contributed by atoms with Crippen molar-refractivity contribution in [2.24, 2.45) is 5.92 Å². The van der Waals surface area contributed by atoms with Crippen molar-refractivity contribution in [1.29, 1.82) is 0 Å². The minimum atomic E-state index is 0.122. The third-order valence-electron chi connectivity index (χ3n) is 6.60. The maximum absolute atomic E-state index is 12.6. The number of likely N-dealkylation sites (tertiary alicyclic amines) is 1. The number of carbonyl (C=O) groups excluding carboxylic acids is 1. The summed E-state index contributed by atoms with van der Waals surface area (Å²) in [7, 11) is 1.72. The van der Waals surface area contributed by atoms with Gasteiger partial charge in [-0.05, 0) is 80.1 Å². The number of ether oxygens (including phenoxy) is 2. The predicted molar refractivity (Wildman–Crippen MR) is 123 cm³/mol. The van der Waals surface area contributed by atoms with E-state index in [-0.39, 0.29) is 5.91 Å². The van der Waals surface area contributed by atoms with Gasteiger partial charge in [0.05, 0.1) is 20.3 Å². The molecule has 0 aromatic heterocycles. The average molecular weight is 423 g/mol. The number of amides is 1. The Kier molecular flexibility index (Phi) is 7.25. The molecule has 31 heavy (non-hydrogen) atoms. The number of benzene rings is 2. The molecule has 5 heteroatoms. The lowest BCUT2D eigenvalue weighted by Gasteiger charge is -2.32. The van der Waals surface area contributed by atoms with Crippen LogP contribution in [0.25, 0.3) is 0 Å². The first-order valence-electron chi connectivity index (χ1n) is 11.4. The van der Waals surface area contributed by atoms with Crippen molar-refractivity contribution in [3.63, 3.8) is 0 Å². The Hall–Kier alpha value is -2.37. The van der Waals surface area contributed by atoms with E-state index in [9.17, 15) is 4.79 Å². The second kappa shape index (κ2) is 10.3. The molecule has 2 aliphatic heterocycles. The Bertz CT molecular complexity index is 867. The monoisotopic (exact) mass is 422 g/mol. The van der Waals surface area contributed by atoms with Gasteiger partial charge in [0.25, 0.3) is 5.91 Å². The number of hydrogen-bond donors (Lipinski definition) is 0. The lowest BCUT2D eigenvalue weighted by atomic mass is 9.89. The van der Waals surface area contributed by atoms with E-state index in [1.165, 1.54) is 29.5 Å². The molecule has 0 unspecified atom stereocenters. The van der Waals surface area contributed by atoms with Gasteiger partial charge in [-0.3, -0.25) is 9.69 Å². The summed E-state index contributed by atoms with van der Waals surface area (Å²) in [5, 5.41) is 0. The van der Waals surface area contributed by atoms with E-state index in [1.54, 1.807) is 7.11 Å². The molecule has 2 saturated heterocycles. The zero-order chi connectivity index (χ0) is 21.6. The fourth-order valence-corrected chi connectivity index (χ4v) is 4.71. The van der Waals surface area contributed by atoms with Crippen LogP contribution in [-0.4, -0.2) is 62.2 Å². The number of piperidine rings is 1. The maximum atomic E-state index is 12.6. The van der Waals surface area contributed by atoms with E-state index in [4.69, 9.17) is 9.47 Å². The van der Waals surface area contributed by atoms with Crippen molar-refractivity contribution in [3.8, 4) is 5.75 Å². The Labute approximate surface area is 185 Å². The van der Waals surface area contributed by atoms with Gasteiger partial charge in [0.2, 0.25) is 0 Å². The zero-order valence-corrected chi connectivity index (χ0v) is 18.8. The SMILES string of the molecule is COc1ccc(CN2CCC(Cc3ccc(C(=O)N4CCOCC4)cc3)CC2)cc1C. The van der Waals surface area contributed by atoms with Gasteiger partial charge in [-0.2, -0.15) is 0 Å². The van der Waals surface area contributed by atoms with Gasteiger partial charge in [-0.1, -0.05) is 24.3 Å². The van der Waals surface area contributed by atoms with E-state index < -0.39 is 0 Å². The van der Waals surface area contributed by atoms with Gasteiger partial charge in [-0.25, -0.2) is 0 Å². The molecule has 166 valence electrons. The molecule has 1 amide bonds. The van der Waals surface area contributed by atoms with Gasteiger partial charge < -0.3 is 14.4 Å². The number of hydrogen-bond acceptors (Lipinski definition) is 4. The first-order chi connectivity index (χ1) is 15.1. The van der Waals surface area contributed by atoms with Gasteiger partial charge >= 0.3 is 0 Å². The average Bonchev–Trinajstić information content (AvgIpc) is 2.81. The van der Waals surface area contributed by atoms with Gasteiger partial charge in [0, 0.05) is 25.2 Å². The van der Waals surface area contributed by atoms with Crippen LogP contribution in [0.5, 0.6) is 5.75 Å². The molecular weight excluding hydrogens is 388 g/mol. The van der Waals surface area contributed by atoms with Gasteiger partial charge in [0.15, 0.2) is 0 Å². The Balaban J connectivity index is 1.25. The van der Waals surface area contributed by atoms with Crippen LogP contribution < -0.4 is 4.74 Å². The topological polar surface area (TPSA) is 42.0 Å². The summed E-state index contributed by atoms with van der Waals surface area (Å²) in [6.07, 6.45) is 3.55. The quantitative estimate of drug-likeness (QED) is 0.707. The highest BCUT2D eigenvalue weighted by atomic mass is 16.5. The molecule has 0 bridgehead atoms. The number of carbonyl (C=O) groups is 1. The third-order valence-corrected chi connectivity index (χ3v) is 6.60. The minimum absolute atomic E-state index is 0.122. The molecule has 0 aliphatic carbocycles. The third kappa shape index (κ3) is 5.66. The summed E-state index contributed by atoms with van der Waals surface area (Å²) in [6.45, 7) is 8.06. The smallest absolute Gasteiger partial charge is 0.254 e. The molecule has 2 aromatic carbocycles. The van der Waals surface area contributed by atoms with Crippen LogP contribution >= 0.6 is 0 Å². The van der Waals surface area contributed by atoms with E-state index in [0.717, 1.165) is 43.3 Å². The van der Waals surface area contributed by atoms with Gasteiger partial charge in [-0.15, -0.1) is 0 Å². The largest absolute Gasteiger partial charge is 0.496 e. The Morgan fingerprint density at radius 2 is 1.68 bits per heavy atom. The highest BCUT2D eigenvalue weighted by Crippen LogP contribution is 2.25. The summed E-state index contributed by atoms with van der Waals surface area (Å²) in [5.74, 6) is 1.80. The zero-order valence-electron chi connectivity index (χ0n) is 18.8. The number of rotatable bonds is 6.